The van der Waals surface area contributed by atoms with Crippen molar-refractivity contribution in [3.8, 4) is 0 Å². The Balaban J connectivity index is 2.30. The maximum atomic E-state index is 12.3. The van der Waals surface area contributed by atoms with Crippen LogP contribution in [0.15, 0.2) is 39.7 Å². The van der Waals surface area contributed by atoms with Gasteiger partial charge in [-0.25, -0.2) is 0 Å². The number of hydrogen-bond donors (Lipinski definition) is 2. The summed E-state index contributed by atoms with van der Waals surface area (Å²) in [6, 6.07) is 8.88. The van der Waals surface area contributed by atoms with Crippen molar-refractivity contribution >= 4 is 51.8 Å². The molecule has 0 heterocycles. The van der Waals surface area contributed by atoms with Gasteiger partial charge in [0.25, 0.3) is 5.91 Å². The van der Waals surface area contributed by atoms with Gasteiger partial charge in [-0.1, -0.05) is 27.5 Å². The zero-order chi connectivity index (χ0) is 14.9. The lowest BCUT2D eigenvalue weighted by Gasteiger charge is -2.11. The first-order valence-corrected chi connectivity index (χ1v) is 7.57. The summed E-state index contributed by atoms with van der Waals surface area (Å²) in [7, 11) is 0. The Morgan fingerprint density at radius 3 is 2.40 bits per heavy atom. The Kier molecular flexibility index (Phi) is 4.78. The van der Waals surface area contributed by atoms with Crippen LogP contribution in [-0.4, -0.2) is 5.91 Å². The number of aryl methyl sites for hydroxylation is 2. The summed E-state index contributed by atoms with van der Waals surface area (Å²) < 4.78 is 1.05. The van der Waals surface area contributed by atoms with E-state index in [4.69, 9.17) is 11.6 Å². The molecule has 0 atom stereocenters. The third kappa shape index (κ3) is 3.37. The summed E-state index contributed by atoms with van der Waals surface area (Å²) >= 11 is 13.8. The molecule has 1 amide bonds. The van der Waals surface area contributed by atoms with E-state index in [-0.39, 0.29) is 5.91 Å². The molecule has 0 aliphatic rings. The van der Waals surface area contributed by atoms with E-state index < -0.39 is 0 Å². The first kappa shape index (κ1) is 15.4. The Hall–Kier alpha value is -0.970. The van der Waals surface area contributed by atoms with E-state index in [2.05, 4.69) is 33.9 Å². The zero-order valence-corrected chi connectivity index (χ0v) is 14.2. The highest BCUT2D eigenvalue weighted by Crippen LogP contribution is 2.26. The Labute approximate surface area is 137 Å². The van der Waals surface area contributed by atoms with Gasteiger partial charge < -0.3 is 5.32 Å². The van der Waals surface area contributed by atoms with Gasteiger partial charge in [-0.15, -0.1) is 12.6 Å². The van der Waals surface area contributed by atoms with Crippen molar-refractivity contribution in [3.05, 3.63) is 56.5 Å². The summed E-state index contributed by atoms with van der Waals surface area (Å²) in [5.41, 5.74) is 3.29. The van der Waals surface area contributed by atoms with Crippen molar-refractivity contribution in [2.24, 2.45) is 0 Å². The molecule has 1 N–H and O–H groups in total. The molecule has 104 valence electrons. The molecule has 0 unspecified atom stereocenters. The lowest BCUT2D eigenvalue weighted by molar-refractivity contribution is 0.102. The minimum atomic E-state index is -0.243. The second-order valence-corrected chi connectivity index (χ2v) is 6.26. The fourth-order valence-electron chi connectivity index (χ4n) is 1.90. The molecule has 0 spiro atoms. The molecule has 0 fully saturated rings. The number of halogens is 2. The van der Waals surface area contributed by atoms with E-state index >= 15 is 0 Å². The Morgan fingerprint density at radius 2 is 1.80 bits per heavy atom. The first-order chi connectivity index (χ1) is 9.38. The highest BCUT2D eigenvalue weighted by molar-refractivity contribution is 9.10. The molecular formula is C15H13BrClNOS. The first-order valence-electron chi connectivity index (χ1n) is 5.95. The van der Waals surface area contributed by atoms with Crippen molar-refractivity contribution in [3.63, 3.8) is 0 Å². The lowest BCUT2D eigenvalue weighted by Crippen LogP contribution is -2.13. The summed E-state index contributed by atoms with van der Waals surface area (Å²) in [5, 5.41) is 3.27. The van der Waals surface area contributed by atoms with Gasteiger partial charge in [0.1, 0.15) is 0 Å². The van der Waals surface area contributed by atoms with Gasteiger partial charge in [0.15, 0.2) is 0 Å². The average Bonchev–Trinajstić information content (AvgIpc) is 2.38. The topological polar surface area (TPSA) is 29.1 Å². The molecule has 2 rings (SSSR count). The fourth-order valence-corrected chi connectivity index (χ4v) is 2.54. The molecule has 0 aliphatic heterocycles. The standard InChI is InChI=1S/C15H13BrClNOS/c1-8-5-10(6-9(2)14(8)16)18-15(19)12-7-11(20)3-4-13(12)17/h3-7,20H,1-2H3,(H,18,19). The van der Waals surface area contributed by atoms with Crippen LogP contribution in [0.4, 0.5) is 5.69 Å². The van der Waals surface area contributed by atoms with Crippen molar-refractivity contribution in [2.45, 2.75) is 18.7 Å². The summed E-state index contributed by atoms with van der Waals surface area (Å²) in [5.74, 6) is -0.243. The fraction of sp³-hybridized carbons (Fsp3) is 0.133. The smallest absolute Gasteiger partial charge is 0.257 e. The highest BCUT2D eigenvalue weighted by Gasteiger charge is 2.12. The van der Waals surface area contributed by atoms with Crippen LogP contribution in [0.2, 0.25) is 5.02 Å². The minimum absolute atomic E-state index is 0.243. The number of carbonyl (C=O) groups is 1. The van der Waals surface area contributed by atoms with E-state index in [1.165, 1.54) is 0 Å². The molecule has 20 heavy (non-hydrogen) atoms. The summed E-state index contributed by atoms with van der Waals surface area (Å²) in [4.78, 5) is 13.0. The maximum absolute atomic E-state index is 12.3. The molecule has 2 aromatic carbocycles. The maximum Gasteiger partial charge on any atom is 0.257 e. The van der Waals surface area contributed by atoms with Crippen molar-refractivity contribution < 1.29 is 4.79 Å². The van der Waals surface area contributed by atoms with Crippen molar-refractivity contribution in [1.29, 1.82) is 0 Å². The van der Waals surface area contributed by atoms with Crippen molar-refractivity contribution in [1.82, 2.24) is 0 Å². The van der Waals surface area contributed by atoms with Gasteiger partial charge in [0.05, 0.1) is 10.6 Å². The SMILES string of the molecule is Cc1cc(NC(=O)c2cc(S)ccc2Cl)cc(C)c1Br. The molecule has 0 saturated heterocycles. The largest absolute Gasteiger partial charge is 0.322 e. The van der Waals surface area contributed by atoms with E-state index in [0.717, 1.165) is 21.3 Å². The van der Waals surface area contributed by atoms with Crippen LogP contribution in [0.3, 0.4) is 0 Å². The van der Waals surface area contributed by atoms with Crippen LogP contribution in [0.1, 0.15) is 21.5 Å². The second kappa shape index (κ2) is 6.20. The van der Waals surface area contributed by atoms with Crippen LogP contribution in [0.5, 0.6) is 0 Å². The average molecular weight is 371 g/mol. The van der Waals surface area contributed by atoms with Gasteiger partial charge >= 0.3 is 0 Å². The predicted octanol–water partition coefficient (Wildman–Crippen LogP) is 5.26. The minimum Gasteiger partial charge on any atom is -0.322 e. The van der Waals surface area contributed by atoms with E-state index in [1.54, 1.807) is 18.2 Å². The number of anilines is 1. The van der Waals surface area contributed by atoms with Crippen LogP contribution < -0.4 is 5.32 Å². The number of rotatable bonds is 2. The van der Waals surface area contributed by atoms with Gasteiger partial charge in [0.2, 0.25) is 0 Å². The molecule has 5 heteroatoms. The van der Waals surface area contributed by atoms with E-state index in [9.17, 15) is 4.79 Å². The van der Waals surface area contributed by atoms with E-state index in [0.29, 0.717) is 15.5 Å². The molecule has 0 radical (unpaired) electrons. The number of benzene rings is 2. The van der Waals surface area contributed by atoms with Gasteiger partial charge in [-0.05, 0) is 55.3 Å². The monoisotopic (exact) mass is 369 g/mol. The van der Waals surface area contributed by atoms with Crippen LogP contribution >= 0.6 is 40.2 Å². The number of hydrogen-bond acceptors (Lipinski definition) is 2. The van der Waals surface area contributed by atoms with Crippen LogP contribution in [0.25, 0.3) is 0 Å². The van der Waals surface area contributed by atoms with E-state index in [1.807, 2.05) is 26.0 Å². The predicted molar refractivity (Wildman–Crippen MR) is 90.3 cm³/mol. The van der Waals surface area contributed by atoms with Gasteiger partial charge in [-0.3, -0.25) is 4.79 Å². The molecule has 2 nitrogen and oxygen atoms in total. The number of nitrogens with one attached hydrogen (secondary N) is 1. The molecular weight excluding hydrogens is 358 g/mol. The third-order valence-corrected chi connectivity index (χ3v) is 4.75. The second-order valence-electron chi connectivity index (χ2n) is 4.54. The summed E-state index contributed by atoms with van der Waals surface area (Å²) in [6.07, 6.45) is 0. The molecule has 0 bridgehead atoms. The number of amides is 1. The molecule has 0 aliphatic carbocycles. The normalized spacial score (nSPS) is 10.4. The van der Waals surface area contributed by atoms with Crippen LogP contribution in [0, 0.1) is 13.8 Å². The van der Waals surface area contributed by atoms with Crippen LogP contribution in [-0.2, 0) is 0 Å². The number of carbonyl (C=O) groups excluding carboxylic acids is 1. The number of thiol groups is 1. The van der Waals surface area contributed by atoms with Crippen molar-refractivity contribution in [2.75, 3.05) is 5.32 Å². The lowest BCUT2D eigenvalue weighted by atomic mass is 10.1. The summed E-state index contributed by atoms with van der Waals surface area (Å²) in [6.45, 7) is 3.96. The third-order valence-electron chi connectivity index (χ3n) is 2.89. The zero-order valence-electron chi connectivity index (χ0n) is 11.0. The molecule has 2 aromatic rings. The molecule has 0 aromatic heterocycles. The van der Waals surface area contributed by atoms with Gasteiger partial charge in [-0.2, -0.15) is 0 Å². The molecule has 0 saturated carbocycles. The Morgan fingerprint density at radius 1 is 1.20 bits per heavy atom. The highest BCUT2D eigenvalue weighted by atomic mass is 79.9. The quantitative estimate of drug-likeness (QED) is 0.694. The Bertz CT molecular complexity index is 665. The van der Waals surface area contributed by atoms with Gasteiger partial charge in [0, 0.05) is 15.1 Å².